The lowest BCUT2D eigenvalue weighted by molar-refractivity contribution is -0.114. The van der Waals surface area contributed by atoms with E-state index in [4.69, 9.17) is 0 Å². The molecule has 1 N–H and O–H groups in total. The third-order valence-electron chi connectivity index (χ3n) is 4.98. The molecule has 154 valence electrons. The maximum atomic E-state index is 12.7. The summed E-state index contributed by atoms with van der Waals surface area (Å²) in [6.45, 7) is 3.22. The molecule has 1 aromatic carbocycles. The first-order valence-corrected chi connectivity index (χ1v) is 11.4. The predicted octanol–water partition coefficient (Wildman–Crippen LogP) is 2.45. The van der Waals surface area contributed by atoms with Crippen molar-refractivity contribution in [2.75, 3.05) is 0 Å². The van der Waals surface area contributed by atoms with E-state index in [1.165, 1.54) is 43.4 Å². The van der Waals surface area contributed by atoms with Gasteiger partial charge in [-0.05, 0) is 43.7 Å². The molecule has 4 rings (SSSR count). The van der Waals surface area contributed by atoms with Crippen LogP contribution in [0.25, 0.3) is 5.13 Å². The van der Waals surface area contributed by atoms with E-state index in [0.717, 1.165) is 4.88 Å². The number of sulfone groups is 1. The maximum Gasteiger partial charge on any atom is 0.251 e. The second-order valence-corrected chi connectivity index (χ2v) is 10.0. The number of fused-ring (bicyclic) bond motifs is 1. The van der Waals surface area contributed by atoms with Crippen LogP contribution >= 0.6 is 11.3 Å². The average Bonchev–Trinajstić information content (AvgIpc) is 3.41. The number of rotatable bonds is 4. The number of ketones is 1. The maximum absolute atomic E-state index is 12.7. The molecule has 0 spiro atoms. The Morgan fingerprint density at radius 3 is 2.83 bits per heavy atom. The van der Waals surface area contributed by atoms with Crippen LogP contribution in [0.5, 0.6) is 0 Å². The summed E-state index contributed by atoms with van der Waals surface area (Å²) in [4.78, 5) is 30.2. The molecular formula is C20H18N4O4S2. The number of thiazole rings is 1. The number of allylic oxidation sites excluding steroid dienone is 2. The Balaban J connectivity index is 1.53. The standard InChI is InChI=1S/C20H18N4O4S2/c1-12-13(2)30(27,28)18-5-4-14(8-15(18)9-17(12)25)19(26)21-10-16-11-22-20(29-16)24-7-3-6-23-24/h3-8,11H,9-10H2,1-2H3,(H,21,26). The van der Waals surface area contributed by atoms with Crippen LogP contribution in [0.4, 0.5) is 0 Å². The fourth-order valence-corrected chi connectivity index (χ4v) is 5.49. The minimum atomic E-state index is -3.74. The molecule has 0 radical (unpaired) electrons. The van der Waals surface area contributed by atoms with Crippen molar-refractivity contribution in [1.29, 1.82) is 0 Å². The minimum absolute atomic E-state index is 0.0546. The zero-order valence-corrected chi connectivity index (χ0v) is 17.9. The van der Waals surface area contributed by atoms with Gasteiger partial charge in [0.15, 0.2) is 5.78 Å². The zero-order valence-electron chi connectivity index (χ0n) is 16.2. The van der Waals surface area contributed by atoms with Crippen LogP contribution in [-0.4, -0.2) is 34.9 Å². The molecule has 8 nitrogen and oxygen atoms in total. The highest BCUT2D eigenvalue weighted by Crippen LogP contribution is 2.30. The van der Waals surface area contributed by atoms with Gasteiger partial charge in [0.1, 0.15) is 0 Å². The first kappa shape index (κ1) is 20.2. The van der Waals surface area contributed by atoms with E-state index < -0.39 is 9.84 Å². The molecule has 1 amide bonds. The highest BCUT2D eigenvalue weighted by atomic mass is 32.2. The normalized spacial score (nSPS) is 15.6. The Kier molecular flexibility index (Phi) is 5.12. The zero-order chi connectivity index (χ0) is 21.5. The average molecular weight is 443 g/mol. The van der Waals surface area contributed by atoms with Crippen LogP contribution in [0.15, 0.2) is 58.2 Å². The summed E-state index contributed by atoms with van der Waals surface area (Å²) >= 11 is 1.40. The number of benzene rings is 1. The van der Waals surface area contributed by atoms with Gasteiger partial charge < -0.3 is 5.32 Å². The second-order valence-electron chi connectivity index (χ2n) is 6.85. The molecular weight excluding hydrogens is 424 g/mol. The van der Waals surface area contributed by atoms with Crippen molar-refractivity contribution in [3.05, 3.63) is 69.3 Å². The number of hydrogen-bond acceptors (Lipinski definition) is 7. The number of aromatic nitrogens is 3. The number of hydrogen-bond donors (Lipinski definition) is 1. The molecule has 0 aliphatic carbocycles. The molecule has 0 fully saturated rings. The molecule has 0 atom stereocenters. The van der Waals surface area contributed by atoms with Crippen LogP contribution in [-0.2, 0) is 27.6 Å². The van der Waals surface area contributed by atoms with Crippen LogP contribution in [0.2, 0.25) is 0 Å². The van der Waals surface area contributed by atoms with E-state index in [9.17, 15) is 18.0 Å². The molecule has 3 heterocycles. The van der Waals surface area contributed by atoms with E-state index >= 15 is 0 Å². The van der Waals surface area contributed by atoms with Crippen molar-refractivity contribution in [2.45, 2.75) is 31.7 Å². The lowest BCUT2D eigenvalue weighted by atomic mass is 10.0. The minimum Gasteiger partial charge on any atom is -0.347 e. The molecule has 3 aromatic rings. The summed E-state index contributed by atoms with van der Waals surface area (Å²) in [6, 6.07) is 6.14. The van der Waals surface area contributed by atoms with Gasteiger partial charge in [-0.3, -0.25) is 9.59 Å². The molecule has 10 heteroatoms. The van der Waals surface area contributed by atoms with Crippen molar-refractivity contribution < 1.29 is 18.0 Å². The number of Topliss-reactive ketones (excluding diaryl/α,β-unsaturated/α-hetero) is 1. The third kappa shape index (κ3) is 3.59. The summed E-state index contributed by atoms with van der Waals surface area (Å²) in [5.41, 5.74) is 0.865. The van der Waals surface area contributed by atoms with E-state index in [-0.39, 0.29) is 40.0 Å². The van der Waals surface area contributed by atoms with E-state index in [2.05, 4.69) is 15.4 Å². The number of carbonyl (C=O) groups excluding carboxylic acids is 2. The molecule has 30 heavy (non-hydrogen) atoms. The topological polar surface area (TPSA) is 111 Å². The lowest BCUT2D eigenvalue weighted by Gasteiger charge is -2.10. The predicted molar refractivity (Wildman–Crippen MR) is 111 cm³/mol. The number of carbonyl (C=O) groups is 2. The molecule has 0 bridgehead atoms. The largest absolute Gasteiger partial charge is 0.347 e. The van der Waals surface area contributed by atoms with E-state index in [1.807, 2.05) is 0 Å². The molecule has 0 saturated heterocycles. The summed E-state index contributed by atoms with van der Waals surface area (Å²) < 4.78 is 27.1. The van der Waals surface area contributed by atoms with Gasteiger partial charge in [-0.25, -0.2) is 18.1 Å². The van der Waals surface area contributed by atoms with Gasteiger partial charge in [-0.15, -0.1) is 0 Å². The SMILES string of the molecule is CC1=C(C)S(=O)(=O)c2ccc(C(=O)NCc3cnc(-n4cccn4)s3)cc2CC1=O. The Bertz CT molecular complexity index is 1290. The smallest absolute Gasteiger partial charge is 0.251 e. The second kappa shape index (κ2) is 7.62. The van der Waals surface area contributed by atoms with Crippen molar-refractivity contribution in [3.63, 3.8) is 0 Å². The summed E-state index contributed by atoms with van der Waals surface area (Å²) in [5, 5.41) is 7.61. The number of amides is 1. The van der Waals surface area contributed by atoms with E-state index in [1.54, 1.807) is 29.3 Å². The first-order valence-electron chi connectivity index (χ1n) is 9.09. The highest BCUT2D eigenvalue weighted by Gasteiger charge is 2.29. The molecule has 2 aromatic heterocycles. The fourth-order valence-electron chi connectivity index (χ4n) is 3.13. The Hall–Kier alpha value is -3.11. The molecule has 0 unspecified atom stereocenters. The Morgan fingerprint density at radius 1 is 1.30 bits per heavy atom. The van der Waals surface area contributed by atoms with Crippen molar-refractivity contribution in [1.82, 2.24) is 20.1 Å². The van der Waals surface area contributed by atoms with Gasteiger partial charge in [0.2, 0.25) is 15.0 Å². The summed E-state index contributed by atoms with van der Waals surface area (Å²) in [7, 11) is -3.74. The Morgan fingerprint density at radius 2 is 2.10 bits per heavy atom. The van der Waals surface area contributed by atoms with Crippen molar-refractivity contribution in [2.24, 2.45) is 0 Å². The fraction of sp³-hybridized carbons (Fsp3) is 0.200. The van der Waals surface area contributed by atoms with Crippen LogP contribution in [0.1, 0.15) is 34.6 Å². The quantitative estimate of drug-likeness (QED) is 0.664. The van der Waals surface area contributed by atoms with Crippen molar-refractivity contribution >= 4 is 32.9 Å². The van der Waals surface area contributed by atoms with Crippen LogP contribution < -0.4 is 5.32 Å². The van der Waals surface area contributed by atoms with Gasteiger partial charge in [-0.2, -0.15) is 5.10 Å². The molecule has 0 saturated carbocycles. The third-order valence-corrected chi connectivity index (χ3v) is 8.05. The van der Waals surface area contributed by atoms with E-state index in [0.29, 0.717) is 16.3 Å². The van der Waals surface area contributed by atoms with Crippen molar-refractivity contribution in [3.8, 4) is 5.13 Å². The van der Waals surface area contributed by atoms with Gasteiger partial charge in [0, 0.05) is 41.0 Å². The summed E-state index contributed by atoms with van der Waals surface area (Å²) in [6.07, 6.45) is 5.05. The number of nitrogens with zero attached hydrogens (tertiary/aromatic N) is 3. The summed E-state index contributed by atoms with van der Waals surface area (Å²) in [5.74, 6) is -0.620. The Labute approximate surface area is 177 Å². The van der Waals surface area contributed by atoms with Crippen LogP contribution in [0.3, 0.4) is 0 Å². The monoisotopic (exact) mass is 442 g/mol. The van der Waals surface area contributed by atoms with Gasteiger partial charge in [-0.1, -0.05) is 11.3 Å². The highest BCUT2D eigenvalue weighted by molar-refractivity contribution is 7.95. The van der Waals surface area contributed by atoms with Gasteiger partial charge >= 0.3 is 0 Å². The van der Waals surface area contributed by atoms with Gasteiger partial charge in [0.05, 0.1) is 16.3 Å². The molecule has 1 aliphatic rings. The number of nitrogens with one attached hydrogen (secondary N) is 1. The molecule has 1 aliphatic heterocycles. The first-order chi connectivity index (χ1) is 14.3. The van der Waals surface area contributed by atoms with Crippen LogP contribution in [0, 0.1) is 0 Å². The lowest BCUT2D eigenvalue weighted by Crippen LogP contribution is -2.22. The van der Waals surface area contributed by atoms with Gasteiger partial charge in [0.25, 0.3) is 5.91 Å².